The zero-order valence-electron chi connectivity index (χ0n) is 14.3. The van der Waals surface area contributed by atoms with Crippen molar-refractivity contribution in [3.8, 4) is 5.75 Å². The number of amides is 1. The molecule has 2 heterocycles. The summed E-state index contributed by atoms with van der Waals surface area (Å²) in [5, 5.41) is 6.92. The summed E-state index contributed by atoms with van der Waals surface area (Å²) in [5.41, 5.74) is 0. The van der Waals surface area contributed by atoms with Crippen LogP contribution in [0.4, 0.5) is 22.0 Å². The number of hydrogen-bond donors (Lipinski definition) is 1. The van der Waals surface area contributed by atoms with Crippen LogP contribution < -0.4 is 10.1 Å². The van der Waals surface area contributed by atoms with Gasteiger partial charge in [-0.25, -0.2) is 13.2 Å². The van der Waals surface area contributed by atoms with Gasteiger partial charge < -0.3 is 14.5 Å². The lowest BCUT2D eigenvalue weighted by molar-refractivity contribution is 0.0919. The Morgan fingerprint density at radius 1 is 1.10 bits per heavy atom. The Kier molecular flexibility index (Phi) is 6.06. The fraction of sp³-hybridized carbons (Fsp3) is 0.176. The van der Waals surface area contributed by atoms with Crippen LogP contribution in [-0.2, 0) is 13.2 Å². The number of aromatic nitrogens is 2. The van der Waals surface area contributed by atoms with E-state index in [1.165, 1.54) is 23.0 Å². The van der Waals surface area contributed by atoms with Crippen LogP contribution in [0.1, 0.15) is 16.3 Å². The van der Waals surface area contributed by atoms with Gasteiger partial charge in [-0.2, -0.15) is 13.9 Å². The molecule has 0 saturated carbocycles. The van der Waals surface area contributed by atoms with Gasteiger partial charge in [-0.15, -0.1) is 0 Å². The fourth-order valence-corrected chi connectivity index (χ4v) is 2.42. The van der Waals surface area contributed by atoms with Crippen LogP contribution in [0.25, 0.3) is 0 Å². The highest BCUT2D eigenvalue weighted by molar-refractivity contribution is 6.30. The first-order chi connectivity index (χ1) is 13.8. The largest absolute Gasteiger partial charge is 0.479 e. The van der Waals surface area contributed by atoms with E-state index in [9.17, 15) is 26.7 Å². The lowest BCUT2D eigenvalue weighted by Crippen LogP contribution is -2.27. The van der Waals surface area contributed by atoms with E-state index in [0.29, 0.717) is 11.6 Å². The van der Waals surface area contributed by atoms with E-state index in [0.717, 1.165) is 0 Å². The molecular weight excluding hydrogens is 425 g/mol. The standard InChI is InChI=1S/C17H11ClF5N3O3/c18-8-5-25-26(6-8)4-3-24-17(27)10-2-1-9(29-10)7-28-16-14(22)12(20)11(19)13(21)15(16)23/h1-2,5-6H,3-4,7H2,(H,24,27). The Hall–Kier alpha value is -3.08. The summed E-state index contributed by atoms with van der Waals surface area (Å²) in [4.78, 5) is 12.0. The third kappa shape index (κ3) is 4.50. The van der Waals surface area contributed by atoms with E-state index in [4.69, 9.17) is 16.0 Å². The predicted octanol–water partition coefficient (Wildman–Crippen LogP) is 3.83. The second-order valence-electron chi connectivity index (χ2n) is 5.63. The maximum absolute atomic E-state index is 13.6. The monoisotopic (exact) mass is 435 g/mol. The molecular formula is C17H11ClF5N3O3. The molecule has 3 rings (SSSR count). The van der Waals surface area contributed by atoms with Crippen LogP contribution in [0, 0.1) is 29.1 Å². The van der Waals surface area contributed by atoms with Crippen LogP contribution in [0.2, 0.25) is 5.02 Å². The minimum atomic E-state index is -2.29. The molecule has 0 aliphatic carbocycles. The first-order valence-electron chi connectivity index (χ1n) is 7.97. The van der Waals surface area contributed by atoms with Crippen molar-refractivity contribution in [1.82, 2.24) is 15.1 Å². The van der Waals surface area contributed by atoms with E-state index < -0.39 is 47.3 Å². The van der Waals surface area contributed by atoms with Crippen LogP contribution in [-0.4, -0.2) is 22.2 Å². The third-order valence-electron chi connectivity index (χ3n) is 3.64. The number of halogens is 6. The number of carbonyl (C=O) groups is 1. The van der Waals surface area contributed by atoms with Crippen molar-refractivity contribution >= 4 is 17.5 Å². The third-order valence-corrected chi connectivity index (χ3v) is 3.84. The molecule has 1 aromatic carbocycles. The predicted molar refractivity (Wildman–Crippen MR) is 88.8 cm³/mol. The molecule has 3 aromatic rings. The van der Waals surface area contributed by atoms with Gasteiger partial charge >= 0.3 is 0 Å². The zero-order valence-corrected chi connectivity index (χ0v) is 15.1. The van der Waals surface area contributed by atoms with Crippen molar-refractivity contribution in [2.45, 2.75) is 13.2 Å². The molecule has 0 unspecified atom stereocenters. The quantitative estimate of drug-likeness (QED) is 0.348. The molecule has 154 valence electrons. The topological polar surface area (TPSA) is 69.3 Å². The minimum Gasteiger partial charge on any atom is -0.479 e. The number of hydrogen-bond acceptors (Lipinski definition) is 4. The summed E-state index contributed by atoms with van der Waals surface area (Å²) >= 11 is 5.71. The highest BCUT2D eigenvalue weighted by atomic mass is 35.5. The van der Waals surface area contributed by atoms with Crippen LogP contribution >= 0.6 is 11.6 Å². The van der Waals surface area contributed by atoms with Crippen molar-refractivity contribution in [2.24, 2.45) is 0 Å². The van der Waals surface area contributed by atoms with Crippen LogP contribution in [0.3, 0.4) is 0 Å². The van der Waals surface area contributed by atoms with Crippen molar-refractivity contribution < 1.29 is 35.9 Å². The first-order valence-corrected chi connectivity index (χ1v) is 8.34. The van der Waals surface area contributed by atoms with Crippen molar-refractivity contribution in [3.05, 3.63) is 70.2 Å². The number of benzene rings is 1. The van der Waals surface area contributed by atoms with E-state index in [1.54, 1.807) is 6.20 Å². The van der Waals surface area contributed by atoms with Gasteiger partial charge in [0.1, 0.15) is 12.4 Å². The molecule has 0 atom stereocenters. The molecule has 1 N–H and O–H groups in total. The molecule has 0 aliphatic rings. The van der Waals surface area contributed by atoms with Gasteiger partial charge in [-0.05, 0) is 12.1 Å². The normalized spacial score (nSPS) is 11.0. The Labute approximate surface area is 164 Å². The maximum Gasteiger partial charge on any atom is 0.287 e. The molecule has 0 spiro atoms. The van der Waals surface area contributed by atoms with Gasteiger partial charge in [0.2, 0.25) is 29.1 Å². The van der Waals surface area contributed by atoms with Gasteiger partial charge in [0.25, 0.3) is 5.91 Å². The van der Waals surface area contributed by atoms with Crippen LogP contribution in [0.15, 0.2) is 28.9 Å². The molecule has 1 amide bonds. The summed E-state index contributed by atoms with van der Waals surface area (Å²) in [6.45, 7) is -0.124. The zero-order chi connectivity index (χ0) is 21.1. The average molecular weight is 436 g/mol. The smallest absolute Gasteiger partial charge is 0.287 e. The SMILES string of the molecule is O=C(NCCn1cc(Cl)cn1)c1ccc(COc2c(F)c(F)c(F)c(F)c2F)o1. The lowest BCUT2D eigenvalue weighted by atomic mass is 10.2. The molecule has 0 fully saturated rings. The van der Waals surface area contributed by atoms with Gasteiger partial charge in [0.05, 0.1) is 17.8 Å². The molecule has 12 heteroatoms. The molecule has 0 saturated heterocycles. The van der Waals surface area contributed by atoms with Crippen LogP contribution in [0.5, 0.6) is 5.75 Å². The van der Waals surface area contributed by atoms with Crippen molar-refractivity contribution in [3.63, 3.8) is 0 Å². The second-order valence-corrected chi connectivity index (χ2v) is 6.07. The van der Waals surface area contributed by atoms with Crippen molar-refractivity contribution in [1.29, 1.82) is 0 Å². The summed E-state index contributed by atoms with van der Waals surface area (Å²) in [6.07, 6.45) is 3.00. The summed E-state index contributed by atoms with van der Waals surface area (Å²) < 4.78 is 77.8. The Morgan fingerprint density at radius 3 is 2.38 bits per heavy atom. The number of rotatable bonds is 7. The van der Waals surface area contributed by atoms with Gasteiger partial charge in [0.15, 0.2) is 11.5 Å². The molecule has 0 bridgehead atoms. The Bertz CT molecular complexity index is 1020. The number of carbonyl (C=O) groups excluding carboxylic acids is 1. The minimum absolute atomic E-state index is 0.0713. The van der Waals surface area contributed by atoms with Crippen molar-refractivity contribution in [2.75, 3.05) is 6.54 Å². The highest BCUT2D eigenvalue weighted by Gasteiger charge is 2.27. The second kappa shape index (κ2) is 8.52. The molecule has 0 aliphatic heterocycles. The number of nitrogens with zero attached hydrogens (tertiary/aromatic N) is 2. The molecule has 6 nitrogen and oxygen atoms in total. The van der Waals surface area contributed by atoms with Gasteiger partial charge in [-0.3, -0.25) is 9.48 Å². The van der Waals surface area contributed by atoms with E-state index in [1.807, 2.05) is 0 Å². The first kappa shape index (κ1) is 20.6. The summed E-state index contributed by atoms with van der Waals surface area (Å²) in [6, 6.07) is 2.52. The molecule has 2 aromatic heterocycles. The maximum atomic E-state index is 13.6. The lowest BCUT2D eigenvalue weighted by Gasteiger charge is -2.09. The Morgan fingerprint density at radius 2 is 1.76 bits per heavy atom. The summed E-state index contributed by atoms with van der Waals surface area (Å²) in [7, 11) is 0. The fourth-order valence-electron chi connectivity index (χ4n) is 2.26. The molecule has 0 radical (unpaired) electrons. The number of ether oxygens (including phenoxy) is 1. The van der Waals surface area contributed by atoms with E-state index in [2.05, 4.69) is 15.2 Å². The average Bonchev–Trinajstić information content (AvgIpc) is 3.34. The summed E-state index contributed by atoms with van der Waals surface area (Å²) in [5.74, 6) is -13.0. The molecule has 29 heavy (non-hydrogen) atoms. The van der Waals surface area contributed by atoms with Gasteiger partial charge in [-0.1, -0.05) is 11.6 Å². The van der Waals surface area contributed by atoms with Gasteiger partial charge in [0, 0.05) is 12.7 Å². The Balaban J connectivity index is 1.58. The van der Waals surface area contributed by atoms with E-state index in [-0.39, 0.29) is 18.1 Å². The number of nitrogens with one attached hydrogen (secondary N) is 1. The van der Waals surface area contributed by atoms with E-state index >= 15 is 0 Å². The highest BCUT2D eigenvalue weighted by Crippen LogP contribution is 2.29. The number of furan rings is 1.